The Morgan fingerprint density at radius 2 is 1.81 bits per heavy atom. The molecule has 0 bridgehead atoms. The van der Waals surface area contributed by atoms with Crippen LogP contribution < -0.4 is 0 Å². The molecule has 3 fully saturated rings. The minimum Gasteiger partial charge on any atom is -0.457 e. The highest BCUT2D eigenvalue weighted by atomic mass is 16.6. The first kappa shape index (κ1) is 42.2. The van der Waals surface area contributed by atoms with Gasteiger partial charge in [0.15, 0.2) is 6.10 Å². The predicted octanol–water partition coefficient (Wildman–Crippen LogP) is 5.40. The number of quaternary nitrogens is 1. The van der Waals surface area contributed by atoms with Crippen LogP contribution in [0.2, 0.25) is 0 Å². The smallest absolute Gasteiger partial charge is 0.410 e. The Labute approximate surface area is 311 Å². The van der Waals surface area contributed by atoms with E-state index in [9.17, 15) is 29.7 Å². The second kappa shape index (κ2) is 18.2. The first-order valence-electron chi connectivity index (χ1n) is 19.8. The number of carbonyl (C=O) groups excluding carboxylic acids is 3. The maximum Gasteiger partial charge on any atom is 0.410 e. The molecule has 0 radical (unpaired) electrons. The summed E-state index contributed by atoms with van der Waals surface area (Å²) in [5.41, 5.74) is -1.97. The van der Waals surface area contributed by atoms with Gasteiger partial charge in [-0.25, -0.2) is 4.79 Å². The van der Waals surface area contributed by atoms with Gasteiger partial charge in [0.05, 0.1) is 69.6 Å². The van der Waals surface area contributed by atoms with Crippen molar-refractivity contribution in [3.05, 3.63) is 36.0 Å². The topological polar surface area (TPSA) is 146 Å². The van der Waals surface area contributed by atoms with Gasteiger partial charge in [0.2, 0.25) is 0 Å². The third-order valence-corrected chi connectivity index (χ3v) is 12.1. The SMILES string of the molecule is CCC(=O)[C@@H](C)[C@H]1O[C@@H]1C[C@@](C)(O)C=CC=C(C)[C@H]1OC(=O)C[C@H](O)CC[C@@](C)(O)[C@@H](OC(=O)N2CC[N+](C)(C3CCCCCC3)CC2)C=C[C@@H]1C. The molecule has 3 heterocycles. The highest BCUT2D eigenvalue weighted by Crippen LogP contribution is 2.37. The van der Waals surface area contributed by atoms with Crippen molar-refractivity contribution in [1.82, 2.24) is 4.90 Å². The van der Waals surface area contributed by atoms with Gasteiger partial charge in [0, 0.05) is 24.7 Å². The third kappa shape index (κ3) is 11.7. The fraction of sp³-hybridized carbons (Fsp3) is 0.780. The molecule has 1 amide bonds. The molecule has 1 saturated carbocycles. The van der Waals surface area contributed by atoms with Gasteiger partial charge in [-0.1, -0.05) is 57.9 Å². The van der Waals surface area contributed by atoms with Crippen LogP contribution >= 0.6 is 0 Å². The molecule has 11 heteroatoms. The lowest BCUT2D eigenvalue weighted by Crippen LogP contribution is -2.62. The van der Waals surface area contributed by atoms with Crippen molar-refractivity contribution in [3.63, 3.8) is 0 Å². The van der Waals surface area contributed by atoms with Crippen molar-refractivity contribution < 1.29 is 48.4 Å². The molecular formula is C41H67N2O9+. The number of hydrogen-bond acceptors (Lipinski definition) is 9. The number of epoxide rings is 1. The van der Waals surface area contributed by atoms with Crippen LogP contribution in [0.3, 0.4) is 0 Å². The largest absolute Gasteiger partial charge is 0.457 e. The average Bonchev–Trinajstić information content (AvgIpc) is 3.90. The summed E-state index contributed by atoms with van der Waals surface area (Å²) in [4.78, 5) is 40.3. The number of hydrogen-bond donors (Lipinski definition) is 3. The minimum absolute atomic E-state index is 0.113. The van der Waals surface area contributed by atoms with E-state index < -0.39 is 41.6 Å². The Balaban J connectivity index is 1.44. The normalized spacial score (nSPS) is 34.3. The molecule has 11 nitrogen and oxygen atoms in total. The Morgan fingerprint density at radius 1 is 1.15 bits per heavy atom. The van der Waals surface area contributed by atoms with E-state index >= 15 is 0 Å². The van der Waals surface area contributed by atoms with Crippen LogP contribution in [-0.2, 0) is 23.8 Å². The molecule has 294 valence electrons. The second-order valence-electron chi connectivity index (χ2n) is 16.9. The lowest BCUT2D eigenvalue weighted by atomic mass is 9.88. The molecule has 2 saturated heterocycles. The Morgan fingerprint density at radius 3 is 2.44 bits per heavy atom. The Kier molecular flexibility index (Phi) is 14.7. The van der Waals surface area contributed by atoms with Crippen LogP contribution in [0.1, 0.15) is 112 Å². The molecule has 0 spiro atoms. The predicted molar refractivity (Wildman–Crippen MR) is 199 cm³/mol. The van der Waals surface area contributed by atoms with Crippen molar-refractivity contribution in [1.29, 1.82) is 0 Å². The molecule has 9 atom stereocenters. The summed E-state index contributed by atoms with van der Waals surface area (Å²) in [5, 5.41) is 33.3. The number of Topliss-reactive ketones (excluding diaryl/α,β-unsaturated/α-hetero) is 1. The summed E-state index contributed by atoms with van der Waals surface area (Å²) >= 11 is 0. The average molecular weight is 732 g/mol. The van der Waals surface area contributed by atoms with Gasteiger partial charge in [0.1, 0.15) is 17.5 Å². The summed E-state index contributed by atoms with van der Waals surface area (Å²) in [6.45, 7) is 13.6. The van der Waals surface area contributed by atoms with Gasteiger partial charge < -0.3 is 34.0 Å². The summed E-state index contributed by atoms with van der Waals surface area (Å²) in [6.07, 6.45) is 13.5. The van der Waals surface area contributed by atoms with Crippen molar-refractivity contribution in [2.45, 2.75) is 160 Å². The fourth-order valence-electron chi connectivity index (χ4n) is 8.23. The van der Waals surface area contributed by atoms with E-state index in [0.717, 1.165) is 17.6 Å². The molecule has 0 aromatic carbocycles. The van der Waals surface area contributed by atoms with E-state index in [2.05, 4.69) is 7.05 Å². The number of aliphatic hydroxyl groups is 3. The van der Waals surface area contributed by atoms with Gasteiger partial charge in [-0.05, 0) is 70.9 Å². The molecule has 0 aromatic heterocycles. The first-order valence-corrected chi connectivity index (χ1v) is 19.8. The molecule has 1 aliphatic carbocycles. The zero-order chi connectivity index (χ0) is 38.3. The number of rotatable bonds is 10. The third-order valence-electron chi connectivity index (χ3n) is 12.1. The van der Waals surface area contributed by atoms with Crippen LogP contribution in [0.15, 0.2) is 36.0 Å². The quantitative estimate of drug-likeness (QED) is 0.0672. The van der Waals surface area contributed by atoms with E-state index in [1.165, 1.54) is 38.5 Å². The molecule has 0 unspecified atom stereocenters. The number of allylic oxidation sites excluding steroid dienone is 2. The molecule has 3 aliphatic heterocycles. The minimum atomic E-state index is -1.49. The summed E-state index contributed by atoms with van der Waals surface area (Å²) < 4.78 is 18.6. The van der Waals surface area contributed by atoms with Gasteiger partial charge in [-0.2, -0.15) is 0 Å². The number of ether oxygens (including phenoxy) is 3. The number of aliphatic hydroxyl groups excluding tert-OH is 1. The van der Waals surface area contributed by atoms with Crippen LogP contribution in [-0.4, -0.2) is 124 Å². The zero-order valence-corrected chi connectivity index (χ0v) is 32.8. The molecular weight excluding hydrogens is 664 g/mol. The second-order valence-corrected chi connectivity index (χ2v) is 16.9. The highest BCUT2D eigenvalue weighted by molar-refractivity contribution is 5.81. The van der Waals surface area contributed by atoms with Crippen molar-refractivity contribution in [2.24, 2.45) is 11.8 Å². The number of amides is 1. The number of cyclic esters (lactones) is 1. The molecule has 4 aliphatic rings. The fourth-order valence-corrected chi connectivity index (χ4v) is 8.23. The molecule has 52 heavy (non-hydrogen) atoms. The Bertz CT molecular complexity index is 1310. The number of piperazine rings is 1. The summed E-state index contributed by atoms with van der Waals surface area (Å²) in [7, 11) is 2.32. The molecule has 3 N–H and O–H groups in total. The van der Waals surface area contributed by atoms with E-state index in [1.54, 1.807) is 49.1 Å². The number of nitrogens with zero attached hydrogens (tertiary/aromatic N) is 2. The first-order chi connectivity index (χ1) is 24.4. The number of carbonyl (C=O) groups is 3. The maximum atomic E-state index is 13.6. The van der Waals surface area contributed by atoms with E-state index in [4.69, 9.17) is 14.2 Å². The maximum absolute atomic E-state index is 13.6. The van der Waals surface area contributed by atoms with Gasteiger partial charge in [-0.3, -0.25) is 14.5 Å². The van der Waals surface area contributed by atoms with Crippen LogP contribution in [0.25, 0.3) is 0 Å². The highest BCUT2D eigenvalue weighted by Gasteiger charge is 2.47. The lowest BCUT2D eigenvalue weighted by molar-refractivity contribution is -0.937. The molecule has 0 aromatic rings. The van der Waals surface area contributed by atoms with Gasteiger partial charge in [-0.15, -0.1) is 0 Å². The summed E-state index contributed by atoms with van der Waals surface area (Å²) in [6, 6.07) is 0.629. The number of esters is 1. The van der Waals surface area contributed by atoms with Crippen LogP contribution in [0.4, 0.5) is 4.79 Å². The van der Waals surface area contributed by atoms with Gasteiger partial charge in [0.25, 0.3) is 0 Å². The van der Waals surface area contributed by atoms with E-state index in [-0.39, 0.29) is 49.1 Å². The molecule has 4 rings (SSSR count). The van der Waals surface area contributed by atoms with Gasteiger partial charge >= 0.3 is 12.1 Å². The van der Waals surface area contributed by atoms with Crippen molar-refractivity contribution >= 4 is 17.8 Å². The van der Waals surface area contributed by atoms with E-state index in [0.29, 0.717) is 37.5 Å². The van der Waals surface area contributed by atoms with Crippen LogP contribution in [0, 0.1) is 11.8 Å². The van der Waals surface area contributed by atoms with Crippen LogP contribution in [0.5, 0.6) is 0 Å². The summed E-state index contributed by atoms with van der Waals surface area (Å²) in [5.74, 6) is -1.00. The number of likely N-dealkylation sites (N-methyl/N-ethyl adjacent to an activating group) is 1. The zero-order valence-electron chi connectivity index (χ0n) is 32.8. The number of ketones is 1. The van der Waals surface area contributed by atoms with E-state index in [1.807, 2.05) is 27.7 Å². The van der Waals surface area contributed by atoms with Crippen molar-refractivity contribution in [2.75, 3.05) is 33.2 Å². The Hall–Kier alpha value is -2.57. The van der Waals surface area contributed by atoms with Crippen molar-refractivity contribution in [3.8, 4) is 0 Å². The monoisotopic (exact) mass is 731 g/mol. The standard InChI is InChI=1S/C41H67N2O9/c1-8-33(45)30(4)38-34(50-38)27-40(5,48)20-13-14-28(2)37-29(3)17-18-35(41(6,49)21-19-32(44)26-36(46)52-37)51-39(47)42-22-24-43(7,25-23-42)31-15-11-9-10-12-16-31/h13-14,17-18,20,29-32,34-35,37-38,44,48-49H,8-12,15-16,19,21-27H2,1-7H3/q+1/t29-,30+,32+,34+,35-,37+,38+,40-,41+/m0/s1. The lowest BCUT2D eigenvalue weighted by Gasteiger charge is -2.47.